The van der Waals surface area contributed by atoms with Gasteiger partial charge in [0.05, 0.1) is 23.1 Å². The normalized spacial score (nSPS) is 10.7. The summed E-state index contributed by atoms with van der Waals surface area (Å²) in [6.07, 6.45) is 3.26. The van der Waals surface area contributed by atoms with E-state index >= 15 is 0 Å². The fourth-order valence-electron chi connectivity index (χ4n) is 2.10. The summed E-state index contributed by atoms with van der Waals surface area (Å²) in [5.41, 5.74) is 7.89. The minimum Gasteiger partial charge on any atom is -0.396 e. The second-order valence-electron chi connectivity index (χ2n) is 4.66. The van der Waals surface area contributed by atoms with Gasteiger partial charge in [-0.25, -0.2) is 0 Å². The summed E-state index contributed by atoms with van der Waals surface area (Å²) in [4.78, 5) is 16.5. The van der Waals surface area contributed by atoms with Crippen LogP contribution in [0.3, 0.4) is 0 Å². The first-order chi connectivity index (χ1) is 10.2. The molecule has 2 aromatic heterocycles. The van der Waals surface area contributed by atoms with Crippen molar-refractivity contribution in [3.63, 3.8) is 0 Å². The lowest BCUT2D eigenvalue weighted by atomic mass is 10.2. The number of carbonyl (C=O) groups is 1. The van der Waals surface area contributed by atoms with Crippen molar-refractivity contribution in [2.75, 3.05) is 11.1 Å². The second-order valence-corrected chi connectivity index (χ2v) is 4.66. The Morgan fingerprint density at radius 2 is 2.19 bits per heavy atom. The van der Waals surface area contributed by atoms with Gasteiger partial charge in [0.15, 0.2) is 5.69 Å². The van der Waals surface area contributed by atoms with Crippen LogP contribution in [0.4, 0.5) is 11.4 Å². The largest absolute Gasteiger partial charge is 0.396 e. The summed E-state index contributed by atoms with van der Waals surface area (Å²) in [7, 11) is 0. The first kappa shape index (κ1) is 13.1. The van der Waals surface area contributed by atoms with Crippen molar-refractivity contribution >= 4 is 28.2 Å². The van der Waals surface area contributed by atoms with Crippen LogP contribution in [0.15, 0.2) is 42.7 Å². The zero-order valence-electron chi connectivity index (χ0n) is 11.6. The Hall–Kier alpha value is -2.89. The smallest absolute Gasteiger partial charge is 0.278 e. The molecule has 0 bridgehead atoms. The molecule has 0 saturated carbocycles. The van der Waals surface area contributed by atoms with Gasteiger partial charge in [-0.15, -0.1) is 0 Å². The van der Waals surface area contributed by atoms with E-state index in [2.05, 4.69) is 15.4 Å². The van der Waals surface area contributed by atoms with E-state index < -0.39 is 0 Å². The number of nitrogens with two attached hydrogens (primary N) is 1. The third-order valence-corrected chi connectivity index (χ3v) is 3.18. The van der Waals surface area contributed by atoms with Crippen molar-refractivity contribution in [2.45, 2.75) is 13.5 Å². The highest BCUT2D eigenvalue weighted by molar-refractivity contribution is 6.06. The zero-order chi connectivity index (χ0) is 14.8. The molecule has 2 heterocycles. The number of carbonyl (C=O) groups excluding carboxylic acids is 1. The summed E-state index contributed by atoms with van der Waals surface area (Å²) < 4.78 is 1.63. The Kier molecular flexibility index (Phi) is 3.27. The molecule has 0 aliphatic carbocycles. The maximum Gasteiger partial charge on any atom is 0.278 e. The number of nitrogen functional groups attached to an aromatic ring is 1. The molecule has 106 valence electrons. The van der Waals surface area contributed by atoms with E-state index in [0.29, 0.717) is 17.9 Å². The molecule has 3 rings (SSSR count). The van der Waals surface area contributed by atoms with Crippen LogP contribution in [0, 0.1) is 0 Å². The van der Waals surface area contributed by atoms with Gasteiger partial charge in [0.2, 0.25) is 0 Å². The molecule has 0 unspecified atom stereocenters. The van der Waals surface area contributed by atoms with Gasteiger partial charge >= 0.3 is 0 Å². The highest BCUT2D eigenvalue weighted by Gasteiger charge is 2.15. The number of fused-ring (bicyclic) bond motifs is 1. The summed E-state index contributed by atoms with van der Waals surface area (Å²) in [6, 6.07) is 9.58. The number of nitrogens with zero attached hydrogens (tertiary/aromatic N) is 3. The Bertz CT molecular complexity index is 809. The van der Waals surface area contributed by atoms with Crippen LogP contribution in [-0.2, 0) is 6.54 Å². The summed E-state index contributed by atoms with van der Waals surface area (Å²) in [6.45, 7) is 2.59. The Balaban J connectivity index is 1.87. The van der Waals surface area contributed by atoms with E-state index in [9.17, 15) is 4.79 Å². The molecule has 0 fully saturated rings. The third kappa shape index (κ3) is 2.55. The highest BCUT2D eigenvalue weighted by Crippen LogP contribution is 2.17. The van der Waals surface area contributed by atoms with Gasteiger partial charge in [-0.1, -0.05) is 18.2 Å². The van der Waals surface area contributed by atoms with Gasteiger partial charge in [-0.05, 0) is 19.1 Å². The molecule has 1 aromatic carbocycles. The molecule has 6 heteroatoms. The van der Waals surface area contributed by atoms with Gasteiger partial charge in [0, 0.05) is 18.1 Å². The lowest BCUT2D eigenvalue weighted by Gasteiger charge is -2.05. The Morgan fingerprint density at radius 1 is 1.38 bits per heavy atom. The highest BCUT2D eigenvalue weighted by atomic mass is 16.2. The van der Waals surface area contributed by atoms with Crippen molar-refractivity contribution in [3.8, 4) is 0 Å². The second kappa shape index (κ2) is 5.24. The molecule has 3 aromatic rings. The van der Waals surface area contributed by atoms with E-state index in [1.54, 1.807) is 17.1 Å². The number of aromatic nitrogens is 3. The predicted molar refractivity (Wildman–Crippen MR) is 82.0 cm³/mol. The topological polar surface area (TPSA) is 85.8 Å². The summed E-state index contributed by atoms with van der Waals surface area (Å²) in [5.74, 6) is -0.336. The molecule has 6 nitrogen and oxygen atoms in total. The van der Waals surface area contributed by atoms with Crippen molar-refractivity contribution in [1.82, 2.24) is 14.8 Å². The van der Waals surface area contributed by atoms with Crippen LogP contribution in [-0.4, -0.2) is 20.7 Å². The minimum absolute atomic E-state index is 0.227. The predicted octanol–water partition coefficient (Wildman–Crippen LogP) is 2.29. The number of para-hydroxylation sites is 1. The van der Waals surface area contributed by atoms with Crippen LogP contribution >= 0.6 is 0 Å². The first-order valence-corrected chi connectivity index (χ1v) is 6.66. The molecule has 0 saturated heterocycles. The molecule has 0 aliphatic heterocycles. The number of nitrogens with one attached hydrogen (secondary N) is 1. The van der Waals surface area contributed by atoms with Gasteiger partial charge in [-0.2, -0.15) is 5.10 Å². The number of pyridine rings is 1. The van der Waals surface area contributed by atoms with E-state index in [4.69, 9.17) is 5.73 Å². The van der Waals surface area contributed by atoms with Crippen molar-refractivity contribution in [2.24, 2.45) is 0 Å². The number of hydrogen-bond acceptors (Lipinski definition) is 4. The Labute approximate surface area is 121 Å². The number of aryl methyl sites for hydroxylation is 1. The number of rotatable bonds is 3. The third-order valence-electron chi connectivity index (χ3n) is 3.18. The molecule has 0 spiro atoms. The van der Waals surface area contributed by atoms with E-state index in [1.165, 1.54) is 0 Å². The van der Waals surface area contributed by atoms with Gasteiger partial charge in [0.25, 0.3) is 5.91 Å². The molecule has 3 N–H and O–H groups in total. The van der Waals surface area contributed by atoms with E-state index in [0.717, 1.165) is 10.9 Å². The molecule has 1 amide bonds. The SMILES string of the molecule is CCn1cc(N)c(C(=O)Nc2cnc3ccccc3c2)n1. The summed E-state index contributed by atoms with van der Waals surface area (Å²) in [5, 5.41) is 7.88. The van der Waals surface area contributed by atoms with Gasteiger partial charge < -0.3 is 11.1 Å². The monoisotopic (exact) mass is 281 g/mol. The Morgan fingerprint density at radius 3 is 2.95 bits per heavy atom. The maximum absolute atomic E-state index is 12.2. The molecule has 21 heavy (non-hydrogen) atoms. The number of hydrogen-bond donors (Lipinski definition) is 2. The standard InChI is InChI=1S/C15H15N5O/c1-2-20-9-12(16)14(19-20)15(21)18-11-7-10-5-3-4-6-13(10)17-8-11/h3-9H,2,16H2,1H3,(H,18,21). The van der Waals surface area contributed by atoms with Crippen LogP contribution in [0.5, 0.6) is 0 Å². The van der Waals surface area contributed by atoms with Crippen LogP contribution in [0.25, 0.3) is 10.9 Å². The first-order valence-electron chi connectivity index (χ1n) is 6.66. The van der Waals surface area contributed by atoms with Crippen LogP contribution < -0.4 is 11.1 Å². The number of benzene rings is 1. The lowest BCUT2D eigenvalue weighted by Crippen LogP contribution is -2.15. The fourth-order valence-corrected chi connectivity index (χ4v) is 2.10. The molecule has 0 aliphatic rings. The summed E-state index contributed by atoms with van der Waals surface area (Å²) >= 11 is 0. The molecule has 0 radical (unpaired) electrons. The number of anilines is 2. The van der Waals surface area contributed by atoms with E-state index in [-0.39, 0.29) is 11.6 Å². The minimum atomic E-state index is -0.336. The quantitative estimate of drug-likeness (QED) is 0.771. The lowest BCUT2D eigenvalue weighted by molar-refractivity contribution is 0.102. The average Bonchev–Trinajstić information content (AvgIpc) is 2.88. The number of amides is 1. The van der Waals surface area contributed by atoms with Gasteiger partial charge in [-0.3, -0.25) is 14.5 Å². The fraction of sp³-hybridized carbons (Fsp3) is 0.133. The van der Waals surface area contributed by atoms with Crippen molar-refractivity contribution in [3.05, 3.63) is 48.4 Å². The maximum atomic E-state index is 12.2. The van der Waals surface area contributed by atoms with Crippen molar-refractivity contribution < 1.29 is 4.79 Å². The van der Waals surface area contributed by atoms with Crippen molar-refractivity contribution in [1.29, 1.82) is 0 Å². The van der Waals surface area contributed by atoms with Crippen LogP contribution in [0.1, 0.15) is 17.4 Å². The molecule has 0 atom stereocenters. The average molecular weight is 281 g/mol. The molecular formula is C15H15N5O. The van der Waals surface area contributed by atoms with Crippen LogP contribution in [0.2, 0.25) is 0 Å². The zero-order valence-corrected chi connectivity index (χ0v) is 11.6. The van der Waals surface area contributed by atoms with Gasteiger partial charge in [0.1, 0.15) is 0 Å². The molecular weight excluding hydrogens is 266 g/mol. The van der Waals surface area contributed by atoms with E-state index in [1.807, 2.05) is 37.3 Å².